The van der Waals surface area contributed by atoms with E-state index in [1.165, 1.54) is 0 Å². The number of hydrogen-bond acceptors (Lipinski definition) is 1. The van der Waals surface area contributed by atoms with Crippen molar-refractivity contribution < 1.29 is 39.9 Å². The van der Waals surface area contributed by atoms with Gasteiger partial charge < -0.3 is 4.74 Å². The molecule has 0 aromatic rings. The molecule has 98 valence electrons. The van der Waals surface area contributed by atoms with Crippen molar-refractivity contribution in [3.63, 3.8) is 0 Å². The second-order valence-electron chi connectivity index (χ2n) is 2.51. The summed E-state index contributed by atoms with van der Waals surface area (Å²) < 4.78 is 94.9. The van der Waals surface area contributed by atoms with Crippen LogP contribution in [0.2, 0.25) is 0 Å². The molecule has 0 radical (unpaired) electrons. The summed E-state index contributed by atoms with van der Waals surface area (Å²) in [6, 6.07) is 0. The van der Waals surface area contributed by atoms with Crippen LogP contribution in [0.3, 0.4) is 0 Å². The normalized spacial score (nSPS) is 18.4. The quantitative estimate of drug-likeness (QED) is 0.398. The molecule has 1 unspecified atom stereocenters. The average molecular weight is 392 g/mol. The van der Waals surface area contributed by atoms with Gasteiger partial charge >= 0.3 is 21.3 Å². The number of hydrogen-bond donors (Lipinski definition) is 0. The highest BCUT2D eigenvalue weighted by molar-refractivity contribution is 14.1. The lowest BCUT2D eigenvalue weighted by Crippen LogP contribution is -2.46. The molecule has 0 amide bonds. The Morgan fingerprint density at radius 1 is 0.938 bits per heavy atom. The van der Waals surface area contributed by atoms with E-state index in [1.807, 2.05) is 0 Å². The molecule has 11 heteroatoms. The van der Waals surface area contributed by atoms with E-state index in [0.717, 1.165) is 0 Å². The van der Waals surface area contributed by atoms with E-state index in [0.29, 0.717) is 0 Å². The predicted molar refractivity (Wildman–Crippen MR) is 45.6 cm³/mol. The molecule has 0 heterocycles. The van der Waals surface area contributed by atoms with E-state index in [-0.39, 0.29) is 22.6 Å². The summed E-state index contributed by atoms with van der Waals surface area (Å²) in [6.07, 6.45) is -11.1. The highest BCUT2D eigenvalue weighted by Gasteiger charge is 2.61. The summed E-state index contributed by atoms with van der Waals surface area (Å²) in [6.45, 7) is -2.73. The van der Waals surface area contributed by atoms with Crippen molar-refractivity contribution in [1.29, 1.82) is 0 Å². The Bertz CT molecular complexity index is 220. The molecule has 0 N–H and O–H groups in total. The molecule has 0 aromatic carbocycles. The molecule has 0 saturated carbocycles. The molecule has 0 bridgehead atoms. The van der Waals surface area contributed by atoms with Gasteiger partial charge in [0.15, 0.2) is 0 Å². The van der Waals surface area contributed by atoms with Gasteiger partial charge in [0, 0.05) is 0 Å². The standard InChI is InChI=1S/C5H2ClF8IO/c6-3(9,15)5(13,14)16-1-2(7,8)4(10,11)12/h1H2. The first kappa shape index (κ1) is 16.4. The lowest BCUT2D eigenvalue weighted by Gasteiger charge is -2.26. The van der Waals surface area contributed by atoms with E-state index in [2.05, 4.69) is 16.3 Å². The molecule has 1 nitrogen and oxygen atoms in total. The molecule has 0 saturated heterocycles. The van der Waals surface area contributed by atoms with E-state index in [9.17, 15) is 35.1 Å². The molecular weight excluding hydrogens is 390 g/mol. The van der Waals surface area contributed by atoms with Crippen molar-refractivity contribution in [1.82, 2.24) is 0 Å². The third kappa shape index (κ3) is 4.02. The third-order valence-corrected chi connectivity index (χ3v) is 2.03. The molecule has 16 heavy (non-hydrogen) atoms. The number of rotatable bonds is 4. The molecule has 0 aliphatic heterocycles. The van der Waals surface area contributed by atoms with Crippen LogP contribution in [-0.4, -0.2) is 27.9 Å². The van der Waals surface area contributed by atoms with Crippen LogP contribution >= 0.6 is 34.2 Å². The second-order valence-corrected chi connectivity index (χ2v) is 5.15. The zero-order valence-corrected chi connectivity index (χ0v) is 9.81. The first-order valence-electron chi connectivity index (χ1n) is 3.24. The summed E-state index contributed by atoms with van der Waals surface area (Å²) in [4.78, 5) is 0. The van der Waals surface area contributed by atoms with Crippen molar-refractivity contribution in [3.8, 4) is 0 Å². The summed E-state index contributed by atoms with van der Waals surface area (Å²) in [5.74, 6) is -5.52. The molecular formula is C5H2ClF8IO. The van der Waals surface area contributed by atoms with E-state index in [1.54, 1.807) is 0 Å². The maximum absolute atomic E-state index is 12.4. The fourth-order valence-electron chi connectivity index (χ4n) is 0.345. The minimum Gasteiger partial charge on any atom is -0.310 e. The maximum atomic E-state index is 12.4. The largest absolute Gasteiger partial charge is 0.455 e. The van der Waals surface area contributed by atoms with Gasteiger partial charge in [0.25, 0.3) is 0 Å². The van der Waals surface area contributed by atoms with Gasteiger partial charge in [-0.15, -0.1) is 0 Å². The van der Waals surface area contributed by atoms with Crippen LogP contribution in [0, 0.1) is 0 Å². The Morgan fingerprint density at radius 3 is 1.56 bits per heavy atom. The van der Waals surface area contributed by atoms with Crippen LogP contribution in [0.5, 0.6) is 0 Å². The van der Waals surface area contributed by atoms with Crippen LogP contribution in [0.15, 0.2) is 0 Å². The minimum absolute atomic E-state index is 0.289. The van der Waals surface area contributed by atoms with Gasteiger partial charge in [-0.2, -0.15) is 30.7 Å². The van der Waals surface area contributed by atoms with Crippen LogP contribution < -0.4 is 0 Å². The topological polar surface area (TPSA) is 9.23 Å². The van der Waals surface area contributed by atoms with Crippen LogP contribution in [-0.2, 0) is 4.74 Å². The third-order valence-electron chi connectivity index (χ3n) is 1.18. The zero-order chi connectivity index (χ0) is 13.4. The van der Waals surface area contributed by atoms with Gasteiger partial charge in [-0.25, -0.2) is 4.39 Å². The molecule has 0 fully saturated rings. The van der Waals surface area contributed by atoms with Crippen molar-refractivity contribution in [2.24, 2.45) is 0 Å². The molecule has 0 spiro atoms. The highest BCUT2D eigenvalue weighted by Crippen LogP contribution is 2.44. The van der Waals surface area contributed by atoms with Crippen molar-refractivity contribution in [2.45, 2.75) is 21.3 Å². The average Bonchev–Trinajstić information content (AvgIpc) is 1.97. The van der Waals surface area contributed by atoms with E-state index < -0.39 is 27.9 Å². The van der Waals surface area contributed by atoms with Crippen LogP contribution in [0.1, 0.15) is 0 Å². The lowest BCUT2D eigenvalue weighted by atomic mass is 10.3. The fraction of sp³-hybridized carbons (Fsp3) is 1.00. The summed E-state index contributed by atoms with van der Waals surface area (Å²) in [5.41, 5.74) is 0. The van der Waals surface area contributed by atoms with Gasteiger partial charge in [0.1, 0.15) is 6.61 Å². The fourth-order valence-corrected chi connectivity index (χ4v) is 0.555. The Balaban J connectivity index is 4.59. The SMILES string of the molecule is FC(F)(F)C(F)(F)COC(F)(F)C(F)(Cl)I. The molecule has 0 aliphatic carbocycles. The Kier molecular flexibility index (Phi) is 4.71. The van der Waals surface area contributed by atoms with E-state index >= 15 is 0 Å². The van der Waals surface area contributed by atoms with Gasteiger partial charge in [-0.05, 0) is 22.6 Å². The Morgan fingerprint density at radius 2 is 1.31 bits per heavy atom. The first-order valence-corrected chi connectivity index (χ1v) is 4.69. The predicted octanol–water partition coefficient (Wildman–Crippen LogP) is 4.09. The van der Waals surface area contributed by atoms with Crippen LogP contribution in [0.4, 0.5) is 35.1 Å². The van der Waals surface area contributed by atoms with Crippen molar-refractivity contribution >= 4 is 34.2 Å². The molecule has 1 atom stereocenters. The van der Waals surface area contributed by atoms with Crippen molar-refractivity contribution in [2.75, 3.05) is 6.61 Å². The molecule has 0 aromatic heterocycles. The second kappa shape index (κ2) is 4.59. The first-order chi connectivity index (χ1) is 6.71. The smallest absolute Gasteiger partial charge is 0.310 e. The highest BCUT2D eigenvalue weighted by atomic mass is 127. The minimum atomic E-state index is -6.07. The Labute approximate surface area is 102 Å². The summed E-state index contributed by atoms with van der Waals surface area (Å²) in [7, 11) is 0. The number of ether oxygens (including phenoxy) is 1. The van der Waals surface area contributed by atoms with Gasteiger partial charge in [-0.1, -0.05) is 11.6 Å². The summed E-state index contributed by atoms with van der Waals surface area (Å²) >= 11 is 4.68. The number of halogens is 10. The lowest BCUT2D eigenvalue weighted by molar-refractivity contribution is -0.339. The van der Waals surface area contributed by atoms with Crippen LogP contribution in [0.25, 0.3) is 0 Å². The van der Waals surface area contributed by atoms with Gasteiger partial charge in [-0.3, -0.25) is 0 Å². The van der Waals surface area contributed by atoms with Crippen molar-refractivity contribution in [3.05, 3.63) is 0 Å². The zero-order valence-electron chi connectivity index (χ0n) is 6.89. The molecule has 0 rings (SSSR count). The number of alkyl halides is 10. The van der Waals surface area contributed by atoms with Gasteiger partial charge in [0.2, 0.25) is 0 Å². The maximum Gasteiger partial charge on any atom is 0.455 e. The van der Waals surface area contributed by atoms with E-state index in [4.69, 9.17) is 0 Å². The monoisotopic (exact) mass is 392 g/mol. The Hall–Kier alpha value is 0.420. The molecule has 0 aliphatic rings. The summed E-state index contributed by atoms with van der Waals surface area (Å²) in [5, 5.41) is 0. The van der Waals surface area contributed by atoms with Gasteiger partial charge in [0.05, 0.1) is 0 Å².